The SMILES string of the molecule is CN(CCNc1nc[nH]c(=O)c1Br)C1CC1. The van der Waals surface area contributed by atoms with Gasteiger partial charge < -0.3 is 15.2 Å². The summed E-state index contributed by atoms with van der Waals surface area (Å²) in [6, 6.07) is 0.761. The fourth-order valence-electron chi connectivity index (χ4n) is 1.55. The molecule has 2 N–H and O–H groups in total. The topological polar surface area (TPSA) is 61.0 Å². The van der Waals surface area contributed by atoms with Gasteiger partial charge in [-0.3, -0.25) is 4.79 Å². The van der Waals surface area contributed by atoms with Gasteiger partial charge in [0.25, 0.3) is 5.56 Å². The number of rotatable bonds is 5. The van der Waals surface area contributed by atoms with Crippen molar-refractivity contribution in [1.82, 2.24) is 14.9 Å². The number of halogens is 1. The fraction of sp³-hybridized carbons (Fsp3) is 0.600. The standard InChI is InChI=1S/C10H15BrN4O/c1-15(7-2-3-7)5-4-12-9-8(11)10(16)14-6-13-9/h6-7H,2-5H2,1H3,(H2,12,13,14,16). The van der Waals surface area contributed by atoms with Gasteiger partial charge in [0.1, 0.15) is 10.3 Å². The third kappa shape index (κ3) is 2.82. The van der Waals surface area contributed by atoms with Gasteiger partial charge in [0.15, 0.2) is 0 Å². The van der Waals surface area contributed by atoms with Gasteiger partial charge >= 0.3 is 0 Å². The van der Waals surface area contributed by atoms with E-state index >= 15 is 0 Å². The Morgan fingerprint density at radius 1 is 1.69 bits per heavy atom. The van der Waals surface area contributed by atoms with Crippen LogP contribution in [0.1, 0.15) is 12.8 Å². The minimum absolute atomic E-state index is 0.159. The quantitative estimate of drug-likeness (QED) is 0.849. The number of aromatic amines is 1. The van der Waals surface area contributed by atoms with Crippen LogP contribution >= 0.6 is 15.9 Å². The van der Waals surface area contributed by atoms with E-state index < -0.39 is 0 Å². The van der Waals surface area contributed by atoms with Crippen molar-refractivity contribution in [3.63, 3.8) is 0 Å². The monoisotopic (exact) mass is 286 g/mol. The molecule has 1 aromatic heterocycles. The van der Waals surface area contributed by atoms with Crippen LogP contribution in [0.4, 0.5) is 5.82 Å². The van der Waals surface area contributed by atoms with Crippen molar-refractivity contribution < 1.29 is 0 Å². The van der Waals surface area contributed by atoms with Crippen molar-refractivity contribution >= 4 is 21.7 Å². The highest BCUT2D eigenvalue weighted by Gasteiger charge is 2.25. The molecule has 0 aliphatic heterocycles. The van der Waals surface area contributed by atoms with E-state index in [0.717, 1.165) is 19.1 Å². The number of nitrogens with one attached hydrogen (secondary N) is 2. The number of hydrogen-bond acceptors (Lipinski definition) is 4. The highest BCUT2D eigenvalue weighted by atomic mass is 79.9. The highest BCUT2D eigenvalue weighted by molar-refractivity contribution is 9.10. The van der Waals surface area contributed by atoms with E-state index in [-0.39, 0.29) is 5.56 Å². The average Bonchev–Trinajstić information content (AvgIpc) is 3.07. The summed E-state index contributed by atoms with van der Waals surface area (Å²) in [5.41, 5.74) is -0.159. The van der Waals surface area contributed by atoms with Crippen molar-refractivity contribution in [2.45, 2.75) is 18.9 Å². The lowest BCUT2D eigenvalue weighted by atomic mass is 10.5. The molecule has 0 saturated heterocycles. The van der Waals surface area contributed by atoms with Gasteiger partial charge in [-0.15, -0.1) is 0 Å². The molecular weight excluding hydrogens is 272 g/mol. The summed E-state index contributed by atoms with van der Waals surface area (Å²) in [6.07, 6.45) is 4.02. The fourth-order valence-corrected chi connectivity index (χ4v) is 1.91. The molecule has 1 heterocycles. The Bertz CT molecular complexity index is 416. The lowest BCUT2D eigenvalue weighted by molar-refractivity contribution is 0.337. The number of likely N-dealkylation sites (N-methyl/N-ethyl adjacent to an activating group) is 1. The minimum atomic E-state index is -0.159. The molecule has 1 aliphatic rings. The zero-order chi connectivity index (χ0) is 11.5. The van der Waals surface area contributed by atoms with E-state index in [1.54, 1.807) is 0 Å². The maximum atomic E-state index is 11.3. The van der Waals surface area contributed by atoms with Crippen LogP contribution in [0.15, 0.2) is 15.6 Å². The summed E-state index contributed by atoms with van der Waals surface area (Å²) >= 11 is 3.21. The summed E-state index contributed by atoms with van der Waals surface area (Å²) in [4.78, 5) is 20.2. The van der Waals surface area contributed by atoms with Crippen LogP contribution in [0.25, 0.3) is 0 Å². The number of hydrogen-bond donors (Lipinski definition) is 2. The lowest BCUT2D eigenvalue weighted by Gasteiger charge is -2.16. The van der Waals surface area contributed by atoms with Crippen molar-refractivity contribution in [3.8, 4) is 0 Å². The Hall–Kier alpha value is -0.880. The smallest absolute Gasteiger partial charge is 0.267 e. The summed E-state index contributed by atoms with van der Waals surface area (Å²) < 4.78 is 0.462. The first-order valence-corrected chi connectivity index (χ1v) is 6.15. The Balaban J connectivity index is 1.84. The molecule has 1 aromatic rings. The zero-order valence-electron chi connectivity index (χ0n) is 9.16. The van der Waals surface area contributed by atoms with Crippen LogP contribution in [0.5, 0.6) is 0 Å². The summed E-state index contributed by atoms with van der Waals surface area (Å²) in [7, 11) is 2.12. The summed E-state index contributed by atoms with van der Waals surface area (Å²) in [5.74, 6) is 0.605. The van der Waals surface area contributed by atoms with Crippen molar-refractivity contribution in [2.24, 2.45) is 0 Å². The molecular formula is C10H15BrN4O. The molecule has 1 fully saturated rings. The van der Waals surface area contributed by atoms with Crippen LogP contribution in [-0.2, 0) is 0 Å². The molecule has 16 heavy (non-hydrogen) atoms. The third-order valence-electron chi connectivity index (χ3n) is 2.72. The van der Waals surface area contributed by atoms with Gasteiger partial charge in [0.05, 0.1) is 6.33 Å². The van der Waals surface area contributed by atoms with Crippen LogP contribution < -0.4 is 10.9 Å². The molecule has 5 nitrogen and oxygen atoms in total. The van der Waals surface area contributed by atoms with Crippen molar-refractivity contribution in [1.29, 1.82) is 0 Å². The normalized spacial score (nSPS) is 15.4. The molecule has 0 aromatic carbocycles. The molecule has 0 atom stereocenters. The largest absolute Gasteiger partial charge is 0.368 e. The van der Waals surface area contributed by atoms with E-state index in [9.17, 15) is 4.79 Å². The third-order valence-corrected chi connectivity index (χ3v) is 3.46. The Morgan fingerprint density at radius 2 is 2.44 bits per heavy atom. The number of aromatic nitrogens is 2. The van der Waals surface area contributed by atoms with Gasteiger partial charge in [0, 0.05) is 19.1 Å². The Morgan fingerprint density at radius 3 is 3.12 bits per heavy atom. The average molecular weight is 287 g/mol. The lowest BCUT2D eigenvalue weighted by Crippen LogP contribution is -2.27. The number of H-pyrrole nitrogens is 1. The molecule has 0 spiro atoms. The molecule has 88 valence electrons. The second kappa shape index (κ2) is 4.97. The van der Waals surface area contributed by atoms with E-state index in [0.29, 0.717) is 10.3 Å². The van der Waals surface area contributed by atoms with E-state index in [4.69, 9.17) is 0 Å². The summed E-state index contributed by atoms with van der Waals surface area (Å²) in [5, 5.41) is 3.15. The highest BCUT2D eigenvalue weighted by Crippen LogP contribution is 2.24. The molecule has 0 amide bonds. The molecule has 2 rings (SSSR count). The predicted octanol–water partition coefficient (Wildman–Crippen LogP) is 1.04. The molecule has 6 heteroatoms. The van der Waals surface area contributed by atoms with Crippen LogP contribution in [0.3, 0.4) is 0 Å². The van der Waals surface area contributed by atoms with Gasteiger partial charge in [-0.2, -0.15) is 0 Å². The van der Waals surface area contributed by atoms with Crippen molar-refractivity contribution in [3.05, 3.63) is 21.2 Å². The molecule has 0 radical (unpaired) electrons. The number of anilines is 1. The Labute approximate surface area is 102 Å². The molecule has 1 aliphatic carbocycles. The molecule has 0 bridgehead atoms. The first-order chi connectivity index (χ1) is 7.68. The van der Waals surface area contributed by atoms with Crippen molar-refractivity contribution in [2.75, 3.05) is 25.5 Å². The predicted molar refractivity (Wildman–Crippen MR) is 66.7 cm³/mol. The first-order valence-electron chi connectivity index (χ1n) is 5.36. The van der Waals surface area contributed by atoms with Crippen LogP contribution in [0, 0.1) is 0 Å². The number of nitrogens with zero attached hydrogens (tertiary/aromatic N) is 2. The summed E-state index contributed by atoms with van der Waals surface area (Å²) in [6.45, 7) is 1.76. The maximum absolute atomic E-state index is 11.3. The van der Waals surface area contributed by atoms with Crippen LogP contribution in [-0.4, -0.2) is 41.0 Å². The second-order valence-corrected chi connectivity index (χ2v) is 4.83. The molecule has 0 unspecified atom stereocenters. The Kier molecular flexibility index (Phi) is 3.60. The van der Waals surface area contributed by atoms with Gasteiger partial charge in [-0.1, -0.05) is 0 Å². The van der Waals surface area contributed by atoms with Crippen LogP contribution in [0.2, 0.25) is 0 Å². The zero-order valence-corrected chi connectivity index (χ0v) is 10.7. The van der Waals surface area contributed by atoms with Gasteiger partial charge in [-0.05, 0) is 35.8 Å². The molecule has 1 saturated carbocycles. The van der Waals surface area contributed by atoms with Gasteiger partial charge in [-0.25, -0.2) is 4.98 Å². The maximum Gasteiger partial charge on any atom is 0.267 e. The van der Waals surface area contributed by atoms with Gasteiger partial charge in [0.2, 0.25) is 0 Å². The van der Waals surface area contributed by atoms with E-state index in [2.05, 4.69) is 43.2 Å². The van der Waals surface area contributed by atoms with E-state index in [1.165, 1.54) is 19.2 Å². The van der Waals surface area contributed by atoms with E-state index in [1.807, 2.05) is 0 Å². The first kappa shape index (κ1) is 11.6. The minimum Gasteiger partial charge on any atom is -0.368 e. The second-order valence-electron chi connectivity index (χ2n) is 4.03.